The van der Waals surface area contributed by atoms with Crippen LogP contribution in [0.3, 0.4) is 0 Å². The van der Waals surface area contributed by atoms with Gasteiger partial charge in [-0.25, -0.2) is 9.55 Å². The van der Waals surface area contributed by atoms with Gasteiger partial charge in [0.1, 0.15) is 0 Å². The maximum atomic E-state index is 12.3. The van der Waals surface area contributed by atoms with Crippen LogP contribution in [0.2, 0.25) is 5.28 Å². The molecule has 1 aromatic heterocycles. The van der Waals surface area contributed by atoms with Gasteiger partial charge >= 0.3 is 6.30 Å². The van der Waals surface area contributed by atoms with Crippen molar-refractivity contribution in [2.75, 3.05) is 0 Å². The molecule has 2 nitrogen and oxygen atoms in total. The molecule has 0 bridgehead atoms. The highest BCUT2D eigenvalue weighted by atomic mass is 35.5. The summed E-state index contributed by atoms with van der Waals surface area (Å²) in [7, 11) is 0. The Labute approximate surface area is 84.7 Å². The normalized spacial score (nSPS) is 13.4. The average Bonchev–Trinajstić information content (AvgIpc) is 2.27. The van der Waals surface area contributed by atoms with Gasteiger partial charge in [-0.15, -0.1) is 13.2 Å². The van der Waals surface area contributed by atoms with Crippen LogP contribution in [-0.2, 0) is 11.7 Å². The molecule has 0 N–H and O–H groups in total. The maximum absolute atomic E-state index is 12.3. The molecule has 0 aliphatic rings. The Bertz CT molecular complexity index is 335. The molecule has 0 radical (unpaired) electrons. The Morgan fingerprint density at radius 2 is 1.79 bits per heavy atom. The van der Waals surface area contributed by atoms with Crippen LogP contribution in [0, 0.1) is 0 Å². The third-order valence-electron chi connectivity index (χ3n) is 1.70. The summed E-state index contributed by atoms with van der Waals surface area (Å²) in [4.78, 5) is 3.66. The quantitative estimate of drug-likeness (QED) is 0.664. The van der Waals surface area contributed by atoms with Gasteiger partial charge in [-0.2, -0.15) is 0 Å². The molecule has 0 amide bonds. The second-order valence-corrected chi connectivity index (χ2v) is 4.32. The van der Waals surface area contributed by atoms with Crippen LogP contribution in [0.25, 0.3) is 0 Å². The molecule has 0 saturated carbocycles. The molecular weight excluding hydrogens is 217 g/mol. The lowest BCUT2D eigenvalue weighted by Crippen LogP contribution is -2.16. The van der Waals surface area contributed by atoms with Crippen molar-refractivity contribution in [3.05, 3.63) is 17.2 Å². The Morgan fingerprint density at radius 1 is 1.29 bits per heavy atom. The minimum Gasteiger partial charge on any atom is -0.231 e. The number of hydrogen-bond acceptors (Lipinski definition) is 1. The summed E-state index contributed by atoms with van der Waals surface area (Å²) in [6, 6.07) is 0. The summed E-state index contributed by atoms with van der Waals surface area (Å²) >= 11 is 5.37. The number of hydrogen-bond donors (Lipinski definition) is 0. The monoisotopic (exact) mass is 226 g/mol. The number of alkyl halides is 3. The van der Waals surface area contributed by atoms with Gasteiger partial charge in [0.25, 0.3) is 0 Å². The molecule has 1 heterocycles. The zero-order valence-corrected chi connectivity index (χ0v) is 8.74. The van der Waals surface area contributed by atoms with Crippen LogP contribution < -0.4 is 0 Å². The van der Waals surface area contributed by atoms with Crippen molar-refractivity contribution >= 4 is 11.6 Å². The summed E-state index contributed by atoms with van der Waals surface area (Å²) in [5, 5.41) is -0.553. The van der Waals surface area contributed by atoms with E-state index in [-0.39, 0.29) is 4.57 Å². The van der Waals surface area contributed by atoms with Crippen molar-refractivity contribution in [3.8, 4) is 0 Å². The SMILES string of the molecule is CC(C)(C)c1cn(C(F)(F)F)c(Cl)n1. The molecule has 0 atom stereocenters. The van der Waals surface area contributed by atoms with E-state index in [2.05, 4.69) is 4.98 Å². The first-order chi connectivity index (χ1) is 6.12. The fourth-order valence-corrected chi connectivity index (χ4v) is 1.13. The van der Waals surface area contributed by atoms with E-state index in [9.17, 15) is 13.2 Å². The van der Waals surface area contributed by atoms with Crippen LogP contribution in [0.5, 0.6) is 0 Å². The molecule has 14 heavy (non-hydrogen) atoms. The lowest BCUT2D eigenvalue weighted by molar-refractivity contribution is -0.203. The van der Waals surface area contributed by atoms with E-state index < -0.39 is 17.0 Å². The lowest BCUT2D eigenvalue weighted by atomic mass is 9.93. The van der Waals surface area contributed by atoms with Crippen LogP contribution >= 0.6 is 11.6 Å². The second kappa shape index (κ2) is 3.15. The molecule has 80 valence electrons. The molecule has 0 spiro atoms. The topological polar surface area (TPSA) is 17.8 Å². The first-order valence-corrected chi connectivity index (χ1v) is 4.33. The Morgan fingerprint density at radius 3 is 2.00 bits per heavy atom. The van der Waals surface area contributed by atoms with Crippen LogP contribution in [0.15, 0.2) is 6.20 Å². The molecule has 6 heteroatoms. The molecule has 1 rings (SSSR count). The van der Waals surface area contributed by atoms with Crippen LogP contribution in [0.1, 0.15) is 26.5 Å². The number of imidazole rings is 1. The third-order valence-corrected chi connectivity index (χ3v) is 1.97. The third kappa shape index (κ3) is 2.20. The molecular formula is C8H10ClF3N2. The van der Waals surface area contributed by atoms with Gasteiger partial charge in [0.15, 0.2) is 0 Å². The Hall–Kier alpha value is -0.710. The number of aromatic nitrogens is 2. The molecule has 0 aliphatic carbocycles. The van der Waals surface area contributed by atoms with Gasteiger partial charge in [0.05, 0.1) is 5.69 Å². The minimum absolute atomic E-state index is 0.00907. The number of halogens is 4. The van der Waals surface area contributed by atoms with Crippen molar-refractivity contribution in [3.63, 3.8) is 0 Å². The van der Waals surface area contributed by atoms with Crippen LogP contribution in [0.4, 0.5) is 13.2 Å². The van der Waals surface area contributed by atoms with E-state index >= 15 is 0 Å². The van der Waals surface area contributed by atoms with E-state index in [1.165, 1.54) is 0 Å². The molecule has 0 unspecified atom stereocenters. The molecule has 0 aromatic carbocycles. The van der Waals surface area contributed by atoms with E-state index in [1.807, 2.05) is 0 Å². The summed E-state index contributed by atoms with van der Waals surface area (Å²) in [6.07, 6.45) is -3.59. The predicted octanol–water partition coefficient (Wildman–Crippen LogP) is 3.31. The smallest absolute Gasteiger partial charge is 0.231 e. The second-order valence-electron chi connectivity index (χ2n) is 3.98. The first-order valence-electron chi connectivity index (χ1n) is 3.95. The average molecular weight is 227 g/mol. The van der Waals surface area contributed by atoms with Crippen molar-refractivity contribution in [1.82, 2.24) is 9.55 Å². The number of rotatable bonds is 0. The standard InChI is InChI=1S/C8H10ClF3N2/c1-7(2,3)5-4-14(6(9)13-5)8(10,11)12/h4H,1-3H3. The van der Waals surface area contributed by atoms with E-state index in [4.69, 9.17) is 11.6 Å². The summed E-state index contributed by atoms with van der Waals surface area (Å²) in [5.41, 5.74) is -0.125. The predicted molar refractivity (Wildman–Crippen MR) is 47.2 cm³/mol. The maximum Gasteiger partial charge on any atom is 0.490 e. The highest BCUT2D eigenvalue weighted by Gasteiger charge is 2.34. The Kier molecular flexibility index (Phi) is 2.56. The molecule has 0 aliphatic heterocycles. The van der Waals surface area contributed by atoms with Gasteiger partial charge in [-0.1, -0.05) is 20.8 Å². The largest absolute Gasteiger partial charge is 0.490 e. The van der Waals surface area contributed by atoms with Gasteiger partial charge < -0.3 is 0 Å². The summed E-state index contributed by atoms with van der Waals surface area (Å²) in [6.45, 7) is 5.31. The van der Waals surface area contributed by atoms with E-state index in [0.29, 0.717) is 5.69 Å². The highest BCUT2D eigenvalue weighted by molar-refractivity contribution is 6.28. The zero-order valence-electron chi connectivity index (χ0n) is 7.98. The van der Waals surface area contributed by atoms with Gasteiger partial charge in [-0.05, 0) is 11.6 Å². The number of nitrogens with zero attached hydrogens (tertiary/aromatic N) is 2. The van der Waals surface area contributed by atoms with Gasteiger partial charge in [0.2, 0.25) is 5.28 Å². The van der Waals surface area contributed by atoms with Crippen molar-refractivity contribution in [2.24, 2.45) is 0 Å². The van der Waals surface area contributed by atoms with E-state index in [1.54, 1.807) is 20.8 Å². The molecule has 0 saturated heterocycles. The molecule has 0 fully saturated rings. The Balaban J connectivity index is 3.19. The van der Waals surface area contributed by atoms with Gasteiger partial charge in [-0.3, -0.25) is 0 Å². The van der Waals surface area contributed by atoms with Crippen molar-refractivity contribution < 1.29 is 13.2 Å². The van der Waals surface area contributed by atoms with Crippen molar-refractivity contribution in [1.29, 1.82) is 0 Å². The van der Waals surface area contributed by atoms with Crippen LogP contribution in [-0.4, -0.2) is 9.55 Å². The van der Waals surface area contributed by atoms with E-state index in [0.717, 1.165) is 6.20 Å². The fraction of sp³-hybridized carbons (Fsp3) is 0.625. The fourth-order valence-electron chi connectivity index (χ4n) is 0.897. The summed E-state index contributed by atoms with van der Waals surface area (Å²) < 4.78 is 36.9. The highest BCUT2D eigenvalue weighted by Crippen LogP contribution is 2.30. The summed E-state index contributed by atoms with van der Waals surface area (Å²) in [5.74, 6) is 0. The zero-order chi connectivity index (χ0) is 11.1. The minimum atomic E-state index is -4.51. The van der Waals surface area contributed by atoms with Crippen molar-refractivity contribution in [2.45, 2.75) is 32.5 Å². The first kappa shape index (κ1) is 11.4. The molecule has 1 aromatic rings. The van der Waals surface area contributed by atoms with Gasteiger partial charge in [0, 0.05) is 11.6 Å². The lowest BCUT2D eigenvalue weighted by Gasteiger charge is -2.14.